The van der Waals surface area contributed by atoms with Gasteiger partial charge >= 0.3 is 0 Å². The first-order valence-corrected chi connectivity index (χ1v) is 8.28. The number of fused-ring (bicyclic) bond motifs is 1. The minimum atomic E-state index is 0.562. The van der Waals surface area contributed by atoms with Crippen LogP contribution in [-0.2, 0) is 6.54 Å². The summed E-state index contributed by atoms with van der Waals surface area (Å²) in [5.74, 6) is 0. The van der Waals surface area contributed by atoms with Crippen LogP contribution < -0.4 is 5.32 Å². The van der Waals surface area contributed by atoms with Crippen molar-refractivity contribution in [2.24, 2.45) is 0 Å². The van der Waals surface area contributed by atoms with Gasteiger partial charge in [-0.05, 0) is 39.3 Å². The number of hydrogen-bond acceptors (Lipinski definition) is 5. The standard InChI is InChI=1S/C18H18N4S/c1-10-5-11(2)17-15(6-10)18(14(7-19)8-20-17)21-9-16-12(3)23-13(4)22-16/h5-6,8H,9H2,1-4H3,(H,20,21). The van der Waals surface area contributed by atoms with Crippen molar-refractivity contribution in [1.82, 2.24) is 9.97 Å². The third-order valence-electron chi connectivity index (χ3n) is 3.86. The topological polar surface area (TPSA) is 61.6 Å². The van der Waals surface area contributed by atoms with Crippen molar-refractivity contribution in [3.63, 3.8) is 0 Å². The Balaban J connectivity index is 2.08. The van der Waals surface area contributed by atoms with E-state index in [0.717, 1.165) is 38.4 Å². The van der Waals surface area contributed by atoms with Crippen LogP contribution in [0.1, 0.15) is 32.3 Å². The van der Waals surface area contributed by atoms with E-state index in [2.05, 4.69) is 47.3 Å². The number of thiazole rings is 1. The van der Waals surface area contributed by atoms with Crippen LogP contribution in [0.4, 0.5) is 5.69 Å². The van der Waals surface area contributed by atoms with Gasteiger partial charge in [0.1, 0.15) is 6.07 Å². The van der Waals surface area contributed by atoms with Crippen molar-refractivity contribution >= 4 is 27.9 Å². The molecule has 0 aliphatic heterocycles. The van der Waals surface area contributed by atoms with E-state index in [1.165, 1.54) is 4.88 Å². The van der Waals surface area contributed by atoms with Crippen LogP contribution in [0.2, 0.25) is 0 Å². The van der Waals surface area contributed by atoms with E-state index in [9.17, 15) is 5.26 Å². The first-order valence-electron chi connectivity index (χ1n) is 7.46. The second-order valence-electron chi connectivity index (χ2n) is 5.73. The van der Waals surface area contributed by atoms with Crippen LogP contribution in [0.3, 0.4) is 0 Å². The average Bonchev–Trinajstić information content (AvgIpc) is 2.82. The molecule has 5 heteroatoms. The van der Waals surface area contributed by atoms with Gasteiger partial charge in [-0.25, -0.2) is 4.98 Å². The van der Waals surface area contributed by atoms with E-state index >= 15 is 0 Å². The summed E-state index contributed by atoms with van der Waals surface area (Å²) in [5, 5.41) is 14.9. The predicted molar refractivity (Wildman–Crippen MR) is 94.8 cm³/mol. The highest BCUT2D eigenvalue weighted by Crippen LogP contribution is 2.29. The third-order valence-corrected chi connectivity index (χ3v) is 4.79. The number of benzene rings is 1. The SMILES string of the molecule is Cc1cc(C)c2ncc(C#N)c(NCc3nc(C)sc3C)c2c1. The summed E-state index contributed by atoms with van der Waals surface area (Å²) in [7, 11) is 0. The van der Waals surface area contributed by atoms with E-state index in [1.54, 1.807) is 17.5 Å². The average molecular weight is 322 g/mol. The molecule has 0 fully saturated rings. The van der Waals surface area contributed by atoms with E-state index in [-0.39, 0.29) is 0 Å². The van der Waals surface area contributed by atoms with Gasteiger partial charge in [-0.15, -0.1) is 11.3 Å². The fraction of sp³-hybridized carbons (Fsp3) is 0.278. The molecule has 0 unspecified atom stereocenters. The fourth-order valence-electron chi connectivity index (χ4n) is 2.84. The van der Waals surface area contributed by atoms with E-state index in [4.69, 9.17) is 0 Å². The lowest BCUT2D eigenvalue weighted by atomic mass is 10.0. The predicted octanol–water partition coefficient (Wildman–Crippen LogP) is 4.41. The summed E-state index contributed by atoms with van der Waals surface area (Å²) in [4.78, 5) is 10.2. The summed E-state index contributed by atoms with van der Waals surface area (Å²) in [6, 6.07) is 6.43. The number of hydrogen-bond donors (Lipinski definition) is 1. The van der Waals surface area contributed by atoms with Crippen molar-refractivity contribution in [2.75, 3.05) is 5.32 Å². The summed E-state index contributed by atoms with van der Waals surface area (Å²) < 4.78 is 0. The molecular formula is C18H18N4S. The van der Waals surface area contributed by atoms with Gasteiger partial charge in [-0.3, -0.25) is 4.98 Å². The molecule has 3 aromatic rings. The van der Waals surface area contributed by atoms with Crippen LogP contribution >= 0.6 is 11.3 Å². The number of nitrogens with one attached hydrogen (secondary N) is 1. The lowest BCUT2D eigenvalue weighted by Gasteiger charge is -2.13. The molecule has 0 saturated carbocycles. The maximum absolute atomic E-state index is 9.43. The quantitative estimate of drug-likeness (QED) is 0.776. The second-order valence-corrected chi connectivity index (χ2v) is 7.13. The van der Waals surface area contributed by atoms with Gasteiger partial charge in [-0.2, -0.15) is 5.26 Å². The Bertz CT molecular complexity index is 934. The Kier molecular flexibility index (Phi) is 4.01. The molecule has 0 spiro atoms. The zero-order valence-electron chi connectivity index (χ0n) is 13.7. The smallest absolute Gasteiger partial charge is 0.103 e. The molecule has 0 bridgehead atoms. The van der Waals surface area contributed by atoms with Crippen LogP contribution in [0.15, 0.2) is 18.3 Å². The number of aryl methyl sites for hydroxylation is 4. The van der Waals surface area contributed by atoms with Gasteiger partial charge in [0.05, 0.1) is 34.0 Å². The van der Waals surface area contributed by atoms with Gasteiger partial charge in [-0.1, -0.05) is 11.6 Å². The summed E-state index contributed by atoms with van der Waals surface area (Å²) in [6.45, 7) is 8.80. The Morgan fingerprint density at radius 2 is 2.00 bits per heavy atom. The number of nitriles is 1. The molecule has 0 radical (unpaired) electrons. The maximum Gasteiger partial charge on any atom is 0.103 e. The van der Waals surface area contributed by atoms with Gasteiger partial charge in [0.25, 0.3) is 0 Å². The Hall–Kier alpha value is -2.45. The second kappa shape index (κ2) is 5.98. The molecule has 2 heterocycles. The van der Waals surface area contributed by atoms with Gasteiger partial charge < -0.3 is 5.32 Å². The van der Waals surface area contributed by atoms with Gasteiger partial charge in [0.15, 0.2) is 0 Å². The molecular weight excluding hydrogens is 304 g/mol. The van der Waals surface area contributed by atoms with Crippen LogP contribution in [0.25, 0.3) is 10.9 Å². The lowest BCUT2D eigenvalue weighted by molar-refractivity contribution is 1.04. The molecule has 2 aromatic heterocycles. The zero-order chi connectivity index (χ0) is 16.6. The Morgan fingerprint density at radius 1 is 1.22 bits per heavy atom. The van der Waals surface area contributed by atoms with Crippen LogP contribution in [-0.4, -0.2) is 9.97 Å². The van der Waals surface area contributed by atoms with Crippen LogP contribution in [0, 0.1) is 39.0 Å². The van der Waals surface area contributed by atoms with Gasteiger partial charge in [0.2, 0.25) is 0 Å². The molecule has 0 aliphatic carbocycles. The summed E-state index contributed by atoms with van der Waals surface area (Å²) >= 11 is 1.69. The highest BCUT2D eigenvalue weighted by atomic mass is 32.1. The van der Waals surface area contributed by atoms with E-state index in [0.29, 0.717) is 12.1 Å². The number of nitrogens with zero attached hydrogens (tertiary/aromatic N) is 3. The molecule has 3 rings (SSSR count). The van der Waals surface area contributed by atoms with E-state index in [1.807, 2.05) is 13.8 Å². The zero-order valence-corrected chi connectivity index (χ0v) is 14.5. The van der Waals surface area contributed by atoms with Crippen molar-refractivity contribution in [3.05, 3.63) is 50.6 Å². The lowest BCUT2D eigenvalue weighted by Crippen LogP contribution is -2.05. The normalized spacial score (nSPS) is 10.7. The highest BCUT2D eigenvalue weighted by Gasteiger charge is 2.12. The maximum atomic E-state index is 9.43. The number of anilines is 1. The number of rotatable bonds is 3. The molecule has 0 amide bonds. The Morgan fingerprint density at radius 3 is 2.65 bits per heavy atom. The molecule has 0 atom stereocenters. The van der Waals surface area contributed by atoms with Crippen molar-refractivity contribution < 1.29 is 0 Å². The molecule has 4 nitrogen and oxygen atoms in total. The van der Waals surface area contributed by atoms with Crippen molar-refractivity contribution in [1.29, 1.82) is 5.26 Å². The monoisotopic (exact) mass is 322 g/mol. The first kappa shape index (κ1) is 15.4. The largest absolute Gasteiger partial charge is 0.378 e. The molecule has 0 aliphatic rings. The highest BCUT2D eigenvalue weighted by molar-refractivity contribution is 7.11. The number of aromatic nitrogens is 2. The molecule has 1 N–H and O–H groups in total. The van der Waals surface area contributed by atoms with E-state index < -0.39 is 0 Å². The summed E-state index contributed by atoms with van der Waals surface area (Å²) in [6.07, 6.45) is 1.64. The summed E-state index contributed by atoms with van der Waals surface area (Å²) in [5.41, 5.74) is 5.65. The molecule has 23 heavy (non-hydrogen) atoms. The third kappa shape index (κ3) is 2.90. The van der Waals surface area contributed by atoms with Crippen LogP contribution in [0.5, 0.6) is 0 Å². The molecule has 116 valence electrons. The first-order chi connectivity index (χ1) is 11.0. The van der Waals surface area contributed by atoms with Crippen molar-refractivity contribution in [3.8, 4) is 6.07 Å². The van der Waals surface area contributed by atoms with Gasteiger partial charge in [0, 0.05) is 16.5 Å². The minimum Gasteiger partial charge on any atom is -0.378 e. The molecule has 0 saturated heterocycles. The Labute approximate surface area is 139 Å². The van der Waals surface area contributed by atoms with Crippen molar-refractivity contribution in [2.45, 2.75) is 34.2 Å². The molecule has 1 aromatic carbocycles. The minimum absolute atomic E-state index is 0.562. The fourth-order valence-corrected chi connectivity index (χ4v) is 3.68. The number of pyridine rings is 1.